The number of hydrogen-bond donors (Lipinski definition) is 1. The smallest absolute Gasteiger partial charge is 0.309 e. The number of carbonyl (C=O) groups excluding carboxylic acids is 2. The molecule has 2 aromatic rings. The lowest BCUT2D eigenvalue weighted by molar-refractivity contribution is -0.148. The predicted molar refractivity (Wildman–Crippen MR) is 128 cm³/mol. The predicted octanol–water partition coefficient (Wildman–Crippen LogP) is 4.55. The molecule has 1 unspecified atom stereocenters. The number of nitrogens with zero attached hydrogens (tertiary/aromatic N) is 2. The zero-order chi connectivity index (χ0) is 23.2. The first-order valence-electron chi connectivity index (χ1n) is 12.6. The second-order valence-electron chi connectivity index (χ2n) is 9.69. The molecule has 6 nitrogen and oxygen atoms in total. The highest BCUT2D eigenvalue weighted by atomic mass is 16.5. The number of nitrogens with one attached hydrogen (secondary N) is 1. The first-order valence-corrected chi connectivity index (χ1v) is 12.6. The molecule has 6 heteroatoms. The van der Waals surface area contributed by atoms with Crippen LogP contribution in [-0.2, 0) is 28.9 Å². The van der Waals surface area contributed by atoms with Crippen LogP contribution in [0.25, 0.3) is 0 Å². The standard InChI is InChI=1S/C27H37N3O3/c1-3-33-27(32)22-14-15-24-23(16-22)25(29-30(24)18-20-10-6-4-7-11-20)26(31)28-17-19(2)21-12-8-5-9-13-21/h4,6-7,10-11,19,21-22H,3,5,8-9,12-18H2,1-2H3,(H,28,31)/t19-,22?/m0/s1. The van der Waals surface area contributed by atoms with Crippen molar-refractivity contribution < 1.29 is 14.3 Å². The molecule has 1 heterocycles. The van der Waals surface area contributed by atoms with E-state index < -0.39 is 0 Å². The summed E-state index contributed by atoms with van der Waals surface area (Å²) in [7, 11) is 0. The van der Waals surface area contributed by atoms with Crippen LogP contribution in [0.3, 0.4) is 0 Å². The van der Waals surface area contributed by atoms with E-state index >= 15 is 0 Å². The third-order valence-electron chi connectivity index (χ3n) is 7.40. The number of carbonyl (C=O) groups is 2. The monoisotopic (exact) mass is 451 g/mol. The highest BCUT2D eigenvalue weighted by molar-refractivity contribution is 5.94. The Morgan fingerprint density at radius 3 is 2.64 bits per heavy atom. The molecule has 2 aliphatic rings. The minimum Gasteiger partial charge on any atom is -0.466 e. The molecule has 2 aliphatic carbocycles. The lowest BCUT2D eigenvalue weighted by atomic mass is 9.81. The Hall–Kier alpha value is -2.63. The van der Waals surface area contributed by atoms with E-state index in [-0.39, 0.29) is 17.8 Å². The normalized spacial score (nSPS) is 19.5. The first-order chi connectivity index (χ1) is 16.1. The summed E-state index contributed by atoms with van der Waals surface area (Å²) in [6, 6.07) is 10.2. The average molecular weight is 452 g/mol. The Morgan fingerprint density at radius 1 is 1.15 bits per heavy atom. The summed E-state index contributed by atoms with van der Waals surface area (Å²) >= 11 is 0. The molecule has 0 saturated heterocycles. The zero-order valence-electron chi connectivity index (χ0n) is 20.0. The van der Waals surface area contributed by atoms with Gasteiger partial charge in [-0.1, -0.05) is 69.4 Å². The van der Waals surface area contributed by atoms with Gasteiger partial charge in [-0.3, -0.25) is 14.3 Å². The van der Waals surface area contributed by atoms with Crippen molar-refractivity contribution >= 4 is 11.9 Å². The number of aromatic nitrogens is 2. The van der Waals surface area contributed by atoms with Crippen LogP contribution >= 0.6 is 0 Å². The van der Waals surface area contributed by atoms with E-state index in [2.05, 4.69) is 24.4 Å². The number of ether oxygens (including phenoxy) is 1. The largest absolute Gasteiger partial charge is 0.466 e. The van der Waals surface area contributed by atoms with Crippen molar-refractivity contribution in [2.75, 3.05) is 13.2 Å². The zero-order valence-corrected chi connectivity index (χ0v) is 20.0. The number of rotatable bonds is 8. The molecule has 1 aromatic carbocycles. The van der Waals surface area contributed by atoms with Gasteiger partial charge in [0.25, 0.3) is 5.91 Å². The van der Waals surface area contributed by atoms with E-state index in [0.29, 0.717) is 43.6 Å². The van der Waals surface area contributed by atoms with Crippen molar-refractivity contribution in [3.05, 3.63) is 52.8 Å². The lowest BCUT2D eigenvalue weighted by Gasteiger charge is -2.27. The van der Waals surface area contributed by atoms with Gasteiger partial charge in [0.2, 0.25) is 0 Å². The van der Waals surface area contributed by atoms with Crippen LogP contribution < -0.4 is 5.32 Å². The fourth-order valence-electron chi connectivity index (χ4n) is 5.43. The maximum Gasteiger partial charge on any atom is 0.309 e. The number of amides is 1. The Labute approximate surface area is 197 Å². The molecule has 1 N–H and O–H groups in total. The van der Waals surface area contributed by atoms with Gasteiger partial charge in [-0.05, 0) is 43.6 Å². The summed E-state index contributed by atoms with van der Waals surface area (Å²) in [6.07, 6.45) is 8.44. The van der Waals surface area contributed by atoms with Crippen molar-refractivity contribution in [3.63, 3.8) is 0 Å². The molecule has 1 aromatic heterocycles. The van der Waals surface area contributed by atoms with Gasteiger partial charge in [-0.15, -0.1) is 0 Å². The second-order valence-corrected chi connectivity index (χ2v) is 9.69. The van der Waals surface area contributed by atoms with Crippen molar-refractivity contribution in [3.8, 4) is 0 Å². The summed E-state index contributed by atoms with van der Waals surface area (Å²) in [5.41, 5.74) is 3.61. The summed E-state index contributed by atoms with van der Waals surface area (Å²) in [4.78, 5) is 25.7. The molecule has 33 heavy (non-hydrogen) atoms. The first kappa shape index (κ1) is 23.5. The maximum absolute atomic E-state index is 13.3. The van der Waals surface area contributed by atoms with Gasteiger partial charge < -0.3 is 10.1 Å². The molecule has 178 valence electrons. The van der Waals surface area contributed by atoms with E-state index in [1.807, 2.05) is 29.8 Å². The third-order valence-corrected chi connectivity index (χ3v) is 7.40. The number of fused-ring (bicyclic) bond motifs is 1. The summed E-state index contributed by atoms with van der Waals surface area (Å²) in [6.45, 7) is 5.75. The summed E-state index contributed by atoms with van der Waals surface area (Å²) < 4.78 is 7.24. The van der Waals surface area contributed by atoms with E-state index in [4.69, 9.17) is 9.84 Å². The van der Waals surface area contributed by atoms with Crippen LogP contribution in [0.2, 0.25) is 0 Å². The number of benzene rings is 1. The molecule has 0 spiro atoms. The minimum absolute atomic E-state index is 0.120. The van der Waals surface area contributed by atoms with Gasteiger partial charge in [0.05, 0.1) is 19.1 Å². The molecular formula is C27H37N3O3. The summed E-state index contributed by atoms with van der Waals surface area (Å²) in [5.74, 6) is 0.654. The molecule has 0 radical (unpaired) electrons. The average Bonchev–Trinajstić information content (AvgIpc) is 3.21. The summed E-state index contributed by atoms with van der Waals surface area (Å²) in [5, 5.41) is 7.93. The van der Waals surface area contributed by atoms with Crippen molar-refractivity contribution in [2.24, 2.45) is 17.8 Å². The van der Waals surface area contributed by atoms with E-state index in [0.717, 1.165) is 29.7 Å². The van der Waals surface area contributed by atoms with Crippen LogP contribution in [0, 0.1) is 17.8 Å². The van der Waals surface area contributed by atoms with Crippen LogP contribution in [0.15, 0.2) is 30.3 Å². The second kappa shape index (κ2) is 11.0. The Bertz CT molecular complexity index is 947. The van der Waals surface area contributed by atoms with Gasteiger partial charge in [0.15, 0.2) is 5.69 Å². The SMILES string of the molecule is CCOC(=O)C1CCc2c(c(C(=O)NC[C@H](C)C3CCCCC3)nn2Cc2ccccc2)C1. The lowest BCUT2D eigenvalue weighted by Crippen LogP contribution is -2.33. The quantitative estimate of drug-likeness (QED) is 0.598. The molecular weight excluding hydrogens is 414 g/mol. The molecule has 4 rings (SSSR count). The van der Waals surface area contributed by atoms with E-state index in [1.165, 1.54) is 32.1 Å². The van der Waals surface area contributed by atoms with Gasteiger partial charge >= 0.3 is 5.97 Å². The minimum atomic E-state index is -0.209. The van der Waals surface area contributed by atoms with Gasteiger partial charge in [0.1, 0.15) is 0 Å². The van der Waals surface area contributed by atoms with Gasteiger partial charge in [0, 0.05) is 17.8 Å². The van der Waals surface area contributed by atoms with Crippen molar-refractivity contribution in [1.82, 2.24) is 15.1 Å². The molecule has 2 atom stereocenters. The highest BCUT2D eigenvalue weighted by Gasteiger charge is 2.33. The molecule has 0 aliphatic heterocycles. The van der Waals surface area contributed by atoms with Crippen LogP contribution in [0.4, 0.5) is 0 Å². The highest BCUT2D eigenvalue weighted by Crippen LogP contribution is 2.31. The molecule has 1 amide bonds. The Balaban J connectivity index is 1.52. The number of esters is 1. The third kappa shape index (κ3) is 5.66. The fourth-order valence-corrected chi connectivity index (χ4v) is 5.43. The van der Waals surface area contributed by atoms with Gasteiger partial charge in [-0.25, -0.2) is 0 Å². The number of hydrogen-bond acceptors (Lipinski definition) is 4. The Morgan fingerprint density at radius 2 is 1.91 bits per heavy atom. The van der Waals surface area contributed by atoms with E-state index in [9.17, 15) is 9.59 Å². The molecule has 0 bridgehead atoms. The Kier molecular flexibility index (Phi) is 7.84. The molecule has 1 fully saturated rings. The van der Waals surface area contributed by atoms with Crippen LogP contribution in [0.1, 0.15) is 79.7 Å². The van der Waals surface area contributed by atoms with Gasteiger partial charge in [-0.2, -0.15) is 5.10 Å². The maximum atomic E-state index is 13.3. The topological polar surface area (TPSA) is 73.2 Å². The fraction of sp³-hybridized carbons (Fsp3) is 0.593. The van der Waals surface area contributed by atoms with E-state index in [1.54, 1.807) is 0 Å². The van der Waals surface area contributed by atoms with Crippen LogP contribution in [0.5, 0.6) is 0 Å². The van der Waals surface area contributed by atoms with Crippen molar-refractivity contribution in [1.29, 1.82) is 0 Å². The van der Waals surface area contributed by atoms with Crippen molar-refractivity contribution in [2.45, 2.75) is 71.8 Å². The molecule has 1 saturated carbocycles. The van der Waals surface area contributed by atoms with Crippen LogP contribution in [-0.4, -0.2) is 34.8 Å².